The first-order chi connectivity index (χ1) is 9.53. The number of benzene rings is 1. The van der Waals surface area contributed by atoms with Gasteiger partial charge in [0, 0.05) is 6.61 Å². The molecule has 0 saturated carbocycles. The van der Waals surface area contributed by atoms with E-state index >= 15 is 0 Å². The van der Waals surface area contributed by atoms with Crippen LogP contribution in [0.1, 0.15) is 65.0 Å². The van der Waals surface area contributed by atoms with Gasteiger partial charge in [-0.15, -0.1) is 0 Å². The number of hydrogen-bond acceptors (Lipinski definition) is 1. The molecule has 116 valence electrons. The summed E-state index contributed by atoms with van der Waals surface area (Å²) in [6.07, 6.45) is 5.01. The molecule has 0 saturated heterocycles. The Labute approximate surface area is 126 Å². The fourth-order valence-corrected chi connectivity index (χ4v) is 2.25. The summed E-state index contributed by atoms with van der Waals surface area (Å²) in [6, 6.07) is 8.85. The molecule has 0 aliphatic rings. The van der Waals surface area contributed by atoms with Crippen molar-refractivity contribution in [3.8, 4) is 0 Å². The van der Waals surface area contributed by atoms with Gasteiger partial charge >= 0.3 is 0 Å². The normalized spacial score (nSPS) is 10.9. The van der Waals surface area contributed by atoms with E-state index in [-0.39, 0.29) is 0 Å². The van der Waals surface area contributed by atoms with Gasteiger partial charge in [-0.25, -0.2) is 0 Å². The highest BCUT2D eigenvalue weighted by Gasteiger charge is 2.17. The molecule has 1 nitrogen and oxygen atoms in total. The minimum Gasteiger partial charge on any atom is -0.381 e. The topological polar surface area (TPSA) is 9.23 Å². The molecule has 0 aliphatic carbocycles. The average molecular weight is 278 g/mol. The van der Waals surface area contributed by atoms with Crippen LogP contribution in [0.3, 0.4) is 0 Å². The zero-order valence-corrected chi connectivity index (χ0v) is 14.5. The lowest BCUT2D eigenvalue weighted by atomic mass is 9.87. The monoisotopic (exact) mass is 278 g/mol. The molecule has 0 aromatic heterocycles. The molecular formula is C19H34O. The molecule has 0 bridgehead atoms. The number of aryl methyl sites for hydroxylation is 2. The Kier molecular flexibility index (Phi) is 10.5. The van der Waals surface area contributed by atoms with Gasteiger partial charge in [-0.3, -0.25) is 0 Å². The standard InChI is InChI=1S/C17H28O.C2H6/c1-5-18-14-17(3,4)12-7-6-10-16-11-8-9-15(2)13-16;1-2/h8-9,11,13H,5-7,10,12,14H2,1-4H3;1-2H3. The van der Waals surface area contributed by atoms with Crippen molar-refractivity contribution < 1.29 is 4.74 Å². The van der Waals surface area contributed by atoms with E-state index in [1.807, 2.05) is 13.8 Å². The van der Waals surface area contributed by atoms with Crippen molar-refractivity contribution in [1.82, 2.24) is 0 Å². The number of ether oxygens (including phenoxy) is 1. The molecule has 1 heteroatoms. The van der Waals surface area contributed by atoms with Crippen molar-refractivity contribution in [2.75, 3.05) is 13.2 Å². The van der Waals surface area contributed by atoms with Gasteiger partial charge in [0.25, 0.3) is 0 Å². The van der Waals surface area contributed by atoms with E-state index < -0.39 is 0 Å². The third-order valence-corrected chi connectivity index (χ3v) is 3.35. The van der Waals surface area contributed by atoms with Crippen LogP contribution in [0.15, 0.2) is 24.3 Å². The van der Waals surface area contributed by atoms with Crippen LogP contribution in [0.2, 0.25) is 0 Å². The SMILES string of the molecule is CC.CCOCC(C)(C)CCCCc1cccc(C)c1. The van der Waals surface area contributed by atoms with Crippen molar-refractivity contribution in [2.24, 2.45) is 5.41 Å². The molecule has 20 heavy (non-hydrogen) atoms. The lowest BCUT2D eigenvalue weighted by molar-refractivity contribution is 0.0647. The van der Waals surface area contributed by atoms with Gasteiger partial charge in [0.15, 0.2) is 0 Å². The Morgan fingerprint density at radius 2 is 1.80 bits per heavy atom. The lowest BCUT2D eigenvalue weighted by Crippen LogP contribution is -2.19. The maximum atomic E-state index is 5.53. The van der Waals surface area contributed by atoms with E-state index in [2.05, 4.69) is 52.0 Å². The van der Waals surface area contributed by atoms with E-state index in [1.165, 1.54) is 36.8 Å². The second kappa shape index (κ2) is 10.9. The minimum absolute atomic E-state index is 0.322. The Hall–Kier alpha value is -0.820. The maximum Gasteiger partial charge on any atom is 0.0516 e. The van der Waals surface area contributed by atoms with E-state index in [9.17, 15) is 0 Å². The van der Waals surface area contributed by atoms with Crippen LogP contribution in [-0.2, 0) is 11.2 Å². The molecule has 0 heterocycles. The predicted octanol–water partition coefficient (Wildman–Crippen LogP) is 5.80. The summed E-state index contributed by atoms with van der Waals surface area (Å²) in [4.78, 5) is 0. The summed E-state index contributed by atoms with van der Waals surface area (Å²) in [7, 11) is 0. The van der Waals surface area contributed by atoms with Crippen LogP contribution < -0.4 is 0 Å². The molecule has 0 spiro atoms. The highest BCUT2D eigenvalue weighted by atomic mass is 16.5. The number of unbranched alkanes of at least 4 members (excludes halogenated alkanes) is 1. The van der Waals surface area contributed by atoms with Crippen LogP contribution in [0.25, 0.3) is 0 Å². The Bertz CT molecular complexity index is 341. The smallest absolute Gasteiger partial charge is 0.0516 e. The molecule has 1 aromatic rings. The second-order valence-corrected chi connectivity index (χ2v) is 6.00. The molecule has 0 N–H and O–H groups in total. The third kappa shape index (κ3) is 9.14. The molecule has 0 amide bonds. The second-order valence-electron chi connectivity index (χ2n) is 6.00. The van der Waals surface area contributed by atoms with Crippen molar-refractivity contribution in [2.45, 2.75) is 67.2 Å². The van der Waals surface area contributed by atoms with Gasteiger partial charge in [-0.1, -0.05) is 63.9 Å². The van der Waals surface area contributed by atoms with E-state index in [0.29, 0.717) is 5.41 Å². The van der Waals surface area contributed by atoms with Gasteiger partial charge < -0.3 is 4.74 Å². The van der Waals surface area contributed by atoms with E-state index in [0.717, 1.165) is 13.2 Å². The number of rotatable bonds is 8. The van der Waals surface area contributed by atoms with Crippen LogP contribution in [0.4, 0.5) is 0 Å². The van der Waals surface area contributed by atoms with Crippen molar-refractivity contribution in [1.29, 1.82) is 0 Å². The molecular weight excluding hydrogens is 244 g/mol. The van der Waals surface area contributed by atoms with E-state index in [1.54, 1.807) is 0 Å². The first-order valence-electron chi connectivity index (χ1n) is 8.17. The molecule has 1 aromatic carbocycles. The zero-order chi connectivity index (χ0) is 15.4. The Morgan fingerprint density at radius 1 is 1.10 bits per heavy atom. The van der Waals surface area contributed by atoms with Gasteiger partial charge in [0.1, 0.15) is 0 Å². The fraction of sp³-hybridized carbons (Fsp3) is 0.684. The zero-order valence-electron chi connectivity index (χ0n) is 14.5. The minimum atomic E-state index is 0.322. The molecule has 0 aliphatic heterocycles. The maximum absolute atomic E-state index is 5.53. The largest absolute Gasteiger partial charge is 0.381 e. The third-order valence-electron chi connectivity index (χ3n) is 3.35. The quantitative estimate of drug-likeness (QED) is 0.546. The van der Waals surface area contributed by atoms with Crippen LogP contribution in [0, 0.1) is 12.3 Å². The average Bonchev–Trinajstić information content (AvgIpc) is 2.44. The molecule has 0 unspecified atom stereocenters. The van der Waals surface area contributed by atoms with Crippen molar-refractivity contribution in [3.63, 3.8) is 0 Å². The molecule has 0 atom stereocenters. The Morgan fingerprint density at radius 3 is 2.40 bits per heavy atom. The van der Waals surface area contributed by atoms with Gasteiger partial charge in [-0.05, 0) is 44.1 Å². The molecule has 0 radical (unpaired) electrons. The van der Waals surface area contributed by atoms with Crippen molar-refractivity contribution >= 4 is 0 Å². The summed E-state index contributed by atoms with van der Waals surface area (Å²) in [5.74, 6) is 0. The highest BCUT2D eigenvalue weighted by Crippen LogP contribution is 2.24. The van der Waals surface area contributed by atoms with Gasteiger partial charge in [0.05, 0.1) is 6.61 Å². The van der Waals surface area contributed by atoms with Gasteiger partial charge in [-0.2, -0.15) is 0 Å². The highest BCUT2D eigenvalue weighted by molar-refractivity contribution is 5.22. The fourth-order valence-electron chi connectivity index (χ4n) is 2.25. The Balaban J connectivity index is 0.00000172. The summed E-state index contributed by atoms with van der Waals surface area (Å²) >= 11 is 0. The van der Waals surface area contributed by atoms with Crippen LogP contribution >= 0.6 is 0 Å². The number of hydrogen-bond donors (Lipinski definition) is 0. The van der Waals surface area contributed by atoms with E-state index in [4.69, 9.17) is 4.74 Å². The summed E-state index contributed by atoms with van der Waals surface area (Å²) in [6.45, 7) is 14.5. The van der Waals surface area contributed by atoms with Crippen molar-refractivity contribution in [3.05, 3.63) is 35.4 Å². The van der Waals surface area contributed by atoms with Crippen LogP contribution in [-0.4, -0.2) is 13.2 Å². The molecule has 0 fully saturated rings. The lowest BCUT2D eigenvalue weighted by Gasteiger charge is -2.24. The first-order valence-corrected chi connectivity index (χ1v) is 8.17. The van der Waals surface area contributed by atoms with Gasteiger partial charge in [0.2, 0.25) is 0 Å². The van der Waals surface area contributed by atoms with Crippen LogP contribution in [0.5, 0.6) is 0 Å². The summed E-state index contributed by atoms with van der Waals surface area (Å²) in [5.41, 5.74) is 3.16. The first kappa shape index (κ1) is 19.2. The summed E-state index contributed by atoms with van der Waals surface area (Å²) < 4.78 is 5.53. The summed E-state index contributed by atoms with van der Waals surface area (Å²) in [5, 5.41) is 0. The molecule has 1 rings (SSSR count). The predicted molar refractivity (Wildman–Crippen MR) is 90.4 cm³/mol.